The summed E-state index contributed by atoms with van der Waals surface area (Å²) in [5.74, 6) is -0.487. The molecule has 0 heterocycles. The van der Waals surface area contributed by atoms with Crippen molar-refractivity contribution in [2.24, 2.45) is 9.96 Å². The fourth-order valence-electron chi connectivity index (χ4n) is 0.256. The highest BCUT2D eigenvalue weighted by Gasteiger charge is 1.91. The SMILES string of the molecule is CCOC(=O)/C=N/N=P. The number of hydrogen-bond donors (Lipinski definition) is 0. The van der Waals surface area contributed by atoms with Gasteiger partial charge in [0.05, 0.1) is 6.61 Å². The normalized spacial score (nSPS) is 9.44. The van der Waals surface area contributed by atoms with E-state index in [1.807, 2.05) is 0 Å². The molecule has 0 bridgehead atoms. The standard InChI is InChI=1S/C4H7N2O2P/c1-2-8-4(7)3-5-6-9/h3,9H,2H2,1H3/b5-3+. The maximum atomic E-state index is 10.3. The van der Waals surface area contributed by atoms with Crippen LogP contribution < -0.4 is 0 Å². The summed E-state index contributed by atoms with van der Waals surface area (Å²) in [4.78, 5) is 13.5. The molecule has 0 saturated carbocycles. The summed E-state index contributed by atoms with van der Waals surface area (Å²) in [5, 5.41) is 3.23. The summed E-state index contributed by atoms with van der Waals surface area (Å²) in [6.07, 6.45) is 0.983. The Morgan fingerprint density at radius 1 is 1.89 bits per heavy atom. The quantitative estimate of drug-likeness (QED) is 0.256. The van der Waals surface area contributed by atoms with Gasteiger partial charge in [0.15, 0.2) is 0 Å². The molecule has 0 N–H and O–H groups in total. The van der Waals surface area contributed by atoms with Crippen molar-refractivity contribution in [3.63, 3.8) is 0 Å². The molecule has 0 aromatic carbocycles. The molecule has 0 spiro atoms. The van der Waals surface area contributed by atoms with E-state index in [0.29, 0.717) is 6.61 Å². The molecule has 0 atom stereocenters. The van der Waals surface area contributed by atoms with Gasteiger partial charge in [0, 0.05) is 9.03 Å². The van der Waals surface area contributed by atoms with Crippen LogP contribution in [0.1, 0.15) is 6.92 Å². The Morgan fingerprint density at radius 3 is 3.00 bits per heavy atom. The zero-order valence-electron chi connectivity index (χ0n) is 5.00. The molecular formula is C4H7N2O2P. The molecule has 5 heteroatoms. The van der Waals surface area contributed by atoms with E-state index in [9.17, 15) is 4.79 Å². The van der Waals surface area contributed by atoms with Gasteiger partial charge in [-0.25, -0.2) is 4.79 Å². The molecule has 0 aliphatic heterocycles. The lowest BCUT2D eigenvalue weighted by molar-refractivity contribution is -0.134. The van der Waals surface area contributed by atoms with Gasteiger partial charge in [0.2, 0.25) is 0 Å². The van der Waals surface area contributed by atoms with Crippen molar-refractivity contribution in [2.75, 3.05) is 6.61 Å². The van der Waals surface area contributed by atoms with Crippen molar-refractivity contribution in [2.45, 2.75) is 6.92 Å². The van der Waals surface area contributed by atoms with Gasteiger partial charge in [0.25, 0.3) is 0 Å². The fourth-order valence-corrected chi connectivity index (χ4v) is 0.313. The van der Waals surface area contributed by atoms with E-state index in [2.05, 4.69) is 23.7 Å². The minimum Gasteiger partial charge on any atom is -0.462 e. The highest BCUT2D eigenvalue weighted by atomic mass is 31.0. The van der Waals surface area contributed by atoms with Crippen molar-refractivity contribution in [1.82, 2.24) is 0 Å². The van der Waals surface area contributed by atoms with Crippen molar-refractivity contribution < 1.29 is 9.53 Å². The maximum Gasteiger partial charge on any atom is 0.351 e. The van der Waals surface area contributed by atoms with Crippen LogP contribution in [0.2, 0.25) is 0 Å². The second-order valence-corrected chi connectivity index (χ2v) is 1.30. The number of ether oxygens (including phenoxy) is 1. The van der Waals surface area contributed by atoms with Crippen LogP contribution in [0.5, 0.6) is 0 Å². The van der Waals surface area contributed by atoms with Crippen LogP contribution in [0.15, 0.2) is 9.96 Å². The first-order valence-corrected chi connectivity index (χ1v) is 2.82. The average Bonchev–Trinajstić information content (AvgIpc) is 1.85. The summed E-state index contributed by atoms with van der Waals surface area (Å²) in [5.41, 5.74) is 0. The van der Waals surface area contributed by atoms with Crippen LogP contribution in [-0.4, -0.2) is 18.8 Å². The minimum absolute atomic E-state index is 0.354. The number of nitrogens with zero attached hydrogens (tertiary/aromatic N) is 2. The largest absolute Gasteiger partial charge is 0.462 e. The predicted octanol–water partition coefficient (Wildman–Crippen LogP) is 0.862. The zero-order chi connectivity index (χ0) is 7.11. The van der Waals surface area contributed by atoms with E-state index in [1.165, 1.54) is 0 Å². The highest BCUT2D eigenvalue weighted by Crippen LogP contribution is 1.76. The summed E-state index contributed by atoms with van der Waals surface area (Å²) in [7, 11) is 2.69. The molecule has 0 rings (SSSR count). The second kappa shape index (κ2) is 5.38. The Hall–Kier alpha value is -0.760. The third kappa shape index (κ3) is 5.11. The van der Waals surface area contributed by atoms with Crippen molar-refractivity contribution in [3.05, 3.63) is 0 Å². The number of hydrogen-bond acceptors (Lipinski definition) is 3. The predicted molar refractivity (Wildman–Crippen MR) is 35.9 cm³/mol. The van der Waals surface area contributed by atoms with E-state index in [0.717, 1.165) is 6.21 Å². The minimum atomic E-state index is -0.487. The first kappa shape index (κ1) is 8.24. The van der Waals surface area contributed by atoms with Crippen molar-refractivity contribution in [3.8, 4) is 0 Å². The summed E-state index contributed by atoms with van der Waals surface area (Å²) < 4.78 is 4.47. The van der Waals surface area contributed by atoms with Gasteiger partial charge >= 0.3 is 5.97 Å². The third-order valence-corrected chi connectivity index (χ3v) is 0.623. The molecule has 0 aliphatic rings. The van der Waals surface area contributed by atoms with E-state index in [1.54, 1.807) is 6.92 Å². The number of carbonyl (C=O) groups is 1. The first-order valence-electron chi connectivity index (χ1n) is 2.37. The average molecular weight is 146 g/mol. The Morgan fingerprint density at radius 2 is 2.56 bits per heavy atom. The molecule has 0 fully saturated rings. The van der Waals surface area contributed by atoms with E-state index in [-0.39, 0.29) is 0 Å². The lowest BCUT2D eigenvalue weighted by Crippen LogP contribution is -2.03. The smallest absolute Gasteiger partial charge is 0.351 e. The fraction of sp³-hybridized carbons (Fsp3) is 0.500. The summed E-state index contributed by atoms with van der Waals surface area (Å²) >= 11 is 0. The van der Waals surface area contributed by atoms with Gasteiger partial charge in [-0.1, -0.05) is 0 Å². The van der Waals surface area contributed by atoms with Gasteiger partial charge < -0.3 is 4.74 Å². The monoisotopic (exact) mass is 146 g/mol. The molecule has 0 aliphatic carbocycles. The van der Waals surface area contributed by atoms with Crippen LogP contribution in [0.3, 0.4) is 0 Å². The van der Waals surface area contributed by atoms with Gasteiger partial charge in [-0.2, -0.15) is 0 Å². The zero-order valence-corrected chi connectivity index (χ0v) is 6.00. The van der Waals surface area contributed by atoms with Gasteiger partial charge in [-0.3, -0.25) is 0 Å². The Kier molecular flexibility index (Phi) is 4.92. The molecule has 0 amide bonds. The lowest BCUT2D eigenvalue weighted by Gasteiger charge is -1.90. The Labute approximate surface area is 55.2 Å². The van der Waals surface area contributed by atoms with Crippen molar-refractivity contribution >= 4 is 21.2 Å². The first-order chi connectivity index (χ1) is 4.31. The number of carbonyl (C=O) groups excluding carboxylic acids is 1. The van der Waals surface area contributed by atoms with E-state index < -0.39 is 5.97 Å². The van der Waals surface area contributed by atoms with Crippen LogP contribution in [0.4, 0.5) is 0 Å². The third-order valence-electron chi connectivity index (χ3n) is 0.507. The van der Waals surface area contributed by atoms with Crippen molar-refractivity contribution in [1.29, 1.82) is 0 Å². The molecule has 0 aromatic heterocycles. The molecule has 4 nitrogen and oxygen atoms in total. The number of esters is 1. The molecule has 0 aromatic rings. The van der Waals surface area contributed by atoms with Gasteiger partial charge in [-0.05, 0) is 6.92 Å². The molecule has 0 saturated heterocycles. The van der Waals surface area contributed by atoms with E-state index >= 15 is 0 Å². The summed E-state index contributed by atoms with van der Waals surface area (Å²) in [6, 6.07) is 0. The summed E-state index contributed by atoms with van der Waals surface area (Å²) in [6.45, 7) is 2.07. The lowest BCUT2D eigenvalue weighted by atomic mass is 10.7. The molecular weight excluding hydrogens is 139 g/mol. The maximum absolute atomic E-state index is 10.3. The van der Waals surface area contributed by atoms with Crippen LogP contribution in [-0.2, 0) is 9.53 Å². The molecule has 50 valence electrons. The molecule has 9 heavy (non-hydrogen) atoms. The molecule has 0 radical (unpaired) electrons. The van der Waals surface area contributed by atoms with Gasteiger partial charge in [-0.15, -0.1) is 9.96 Å². The van der Waals surface area contributed by atoms with Crippen LogP contribution in [0, 0.1) is 0 Å². The van der Waals surface area contributed by atoms with E-state index in [4.69, 9.17) is 0 Å². The Balaban J connectivity index is 3.49. The van der Waals surface area contributed by atoms with Crippen LogP contribution in [0.25, 0.3) is 0 Å². The van der Waals surface area contributed by atoms with Crippen LogP contribution >= 0.6 is 9.03 Å². The second-order valence-electron chi connectivity index (χ2n) is 1.10. The molecule has 0 unspecified atom stereocenters. The van der Waals surface area contributed by atoms with Gasteiger partial charge in [0.1, 0.15) is 6.21 Å². The number of rotatable bonds is 3. The topological polar surface area (TPSA) is 51.0 Å². The highest BCUT2D eigenvalue weighted by molar-refractivity contribution is 7.03. The Bertz CT molecular complexity index is 135.